The minimum atomic E-state index is -4.97. The Kier molecular flexibility index (Phi) is 4.54. The van der Waals surface area contributed by atoms with Crippen molar-refractivity contribution in [2.24, 2.45) is 5.73 Å². The lowest BCUT2D eigenvalue weighted by molar-refractivity contribution is -0.275. The number of pyridine rings is 1. The Morgan fingerprint density at radius 3 is 2.58 bits per heavy atom. The van der Waals surface area contributed by atoms with Crippen molar-refractivity contribution in [1.29, 1.82) is 0 Å². The molecule has 0 spiro atoms. The van der Waals surface area contributed by atoms with E-state index in [2.05, 4.69) is 14.5 Å². The molecule has 0 atom stereocenters. The van der Waals surface area contributed by atoms with Crippen LogP contribution >= 0.6 is 0 Å². The van der Waals surface area contributed by atoms with Crippen LogP contribution in [0.3, 0.4) is 0 Å². The van der Waals surface area contributed by atoms with Gasteiger partial charge in [-0.2, -0.15) is 0 Å². The highest BCUT2D eigenvalue weighted by atomic mass is 19.4. The lowest BCUT2D eigenvalue weighted by Crippen LogP contribution is -2.21. The van der Waals surface area contributed by atoms with Crippen LogP contribution < -0.4 is 16.2 Å². The molecule has 0 unspecified atom stereocenters. The summed E-state index contributed by atoms with van der Waals surface area (Å²) in [6, 6.07) is 1.16. The lowest BCUT2D eigenvalue weighted by Gasteiger charge is -2.13. The number of alkyl halides is 3. The number of nitrogens with zero attached hydrogens (tertiary/aromatic N) is 1. The first-order valence-corrected chi connectivity index (χ1v) is 5.20. The number of rotatable bonds is 4. The first kappa shape index (κ1) is 15.0. The zero-order valence-corrected chi connectivity index (χ0v) is 9.95. The maximum Gasteiger partial charge on any atom is 0.574 e. The molecule has 0 aromatic carbocycles. The molecule has 0 aliphatic carbocycles. The summed E-state index contributed by atoms with van der Waals surface area (Å²) in [5.41, 5.74) is 10.1. The third-order valence-electron chi connectivity index (χ3n) is 2.03. The SMILES string of the molecule is CCOC(=O)c1cc(CN)c(N)c(OC(F)(F)F)n1. The van der Waals surface area contributed by atoms with E-state index >= 15 is 0 Å². The van der Waals surface area contributed by atoms with Crippen LogP contribution in [0.25, 0.3) is 0 Å². The molecule has 19 heavy (non-hydrogen) atoms. The van der Waals surface area contributed by atoms with E-state index in [1.54, 1.807) is 6.92 Å². The average Bonchev–Trinajstić information content (AvgIpc) is 2.30. The fraction of sp³-hybridized carbons (Fsp3) is 0.400. The number of nitrogen functional groups attached to an aromatic ring is 1. The topological polar surface area (TPSA) is 100 Å². The molecule has 106 valence electrons. The molecule has 0 saturated heterocycles. The van der Waals surface area contributed by atoms with E-state index in [-0.39, 0.29) is 30.1 Å². The van der Waals surface area contributed by atoms with Crippen molar-refractivity contribution < 1.29 is 27.4 Å². The van der Waals surface area contributed by atoms with Crippen molar-refractivity contribution in [1.82, 2.24) is 4.98 Å². The molecular weight excluding hydrogens is 267 g/mol. The predicted octanol–water partition coefficient (Wildman–Crippen LogP) is 1.20. The van der Waals surface area contributed by atoms with Crippen LogP contribution in [0.2, 0.25) is 0 Å². The van der Waals surface area contributed by atoms with Crippen LogP contribution in [0.5, 0.6) is 5.88 Å². The molecule has 0 bridgehead atoms. The van der Waals surface area contributed by atoms with E-state index < -0.39 is 18.2 Å². The summed E-state index contributed by atoms with van der Waals surface area (Å²) in [7, 11) is 0. The van der Waals surface area contributed by atoms with Crippen molar-refractivity contribution in [3.05, 3.63) is 17.3 Å². The number of nitrogens with two attached hydrogens (primary N) is 2. The zero-order chi connectivity index (χ0) is 14.6. The Morgan fingerprint density at radius 2 is 2.11 bits per heavy atom. The number of anilines is 1. The molecule has 0 aliphatic heterocycles. The van der Waals surface area contributed by atoms with E-state index in [1.165, 1.54) is 0 Å². The van der Waals surface area contributed by atoms with Gasteiger partial charge in [-0.25, -0.2) is 9.78 Å². The Bertz CT molecular complexity index is 477. The first-order valence-electron chi connectivity index (χ1n) is 5.20. The van der Waals surface area contributed by atoms with Gasteiger partial charge in [0, 0.05) is 6.54 Å². The molecular formula is C10H12F3N3O3. The van der Waals surface area contributed by atoms with Crippen molar-refractivity contribution in [3.63, 3.8) is 0 Å². The van der Waals surface area contributed by atoms with Crippen LogP contribution in [-0.2, 0) is 11.3 Å². The molecule has 1 aromatic rings. The van der Waals surface area contributed by atoms with Crippen molar-refractivity contribution >= 4 is 11.7 Å². The van der Waals surface area contributed by atoms with Crippen molar-refractivity contribution in [2.75, 3.05) is 12.3 Å². The molecule has 0 fully saturated rings. The number of esters is 1. The number of hydrogen-bond acceptors (Lipinski definition) is 6. The van der Waals surface area contributed by atoms with Gasteiger partial charge in [0.25, 0.3) is 0 Å². The summed E-state index contributed by atoms with van der Waals surface area (Å²) < 4.78 is 44.8. The van der Waals surface area contributed by atoms with Gasteiger partial charge in [0.15, 0.2) is 5.69 Å². The van der Waals surface area contributed by atoms with E-state index in [9.17, 15) is 18.0 Å². The number of carbonyl (C=O) groups is 1. The Balaban J connectivity index is 3.22. The van der Waals surface area contributed by atoms with Crippen LogP contribution in [0.1, 0.15) is 23.0 Å². The second kappa shape index (κ2) is 5.74. The maximum absolute atomic E-state index is 12.2. The van der Waals surface area contributed by atoms with E-state index in [1.807, 2.05) is 0 Å². The van der Waals surface area contributed by atoms with Gasteiger partial charge in [-0.1, -0.05) is 0 Å². The lowest BCUT2D eigenvalue weighted by atomic mass is 10.2. The van der Waals surface area contributed by atoms with Gasteiger partial charge in [0.2, 0.25) is 5.88 Å². The van der Waals surface area contributed by atoms with Gasteiger partial charge in [-0.3, -0.25) is 0 Å². The van der Waals surface area contributed by atoms with Crippen LogP contribution in [-0.4, -0.2) is 23.9 Å². The smallest absolute Gasteiger partial charge is 0.461 e. The number of halogens is 3. The quantitative estimate of drug-likeness (QED) is 0.803. The number of hydrogen-bond donors (Lipinski definition) is 2. The summed E-state index contributed by atoms with van der Waals surface area (Å²) in [6.45, 7) is 1.43. The predicted molar refractivity (Wildman–Crippen MR) is 59.2 cm³/mol. The highest BCUT2D eigenvalue weighted by Crippen LogP contribution is 2.29. The van der Waals surface area contributed by atoms with Gasteiger partial charge in [-0.05, 0) is 18.6 Å². The van der Waals surface area contributed by atoms with Crippen LogP contribution in [0.15, 0.2) is 6.07 Å². The normalized spacial score (nSPS) is 11.2. The summed E-state index contributed by atoms with van der Waals surface area (Å²) in [5, 5.41) is 0. The standard InChI is InChI=1S/C10H12F3N3O3/c1-2-18-9(17)6-3-5(4-14)7(15)8(16-6)19-10(11,12)13/h3H,2,4,14-15H2,1H3. The van der Waals surface area contributed by atoms with Gasteiger partial charge < -0.3 is 20.9 Å². The number of ether oxygens (including phenoxy) is 2. The van der Waals surface area contributed by atoms with Crippen LogP contribution in [0, 0.1) is 0 Å². The van der Waals surface area contributed by atoms with E-state index in [0.29, 0.717) is 0 Å². The third-order valence-corrected chi connectivity index (χ3v) is 2.03. The second-order valence-electron chi connectivity index (χ2n) is 3.36. The highest BCUT2D eigenvalue weighted by Gasteiger charge is 2.33. The van der Waals surface area contributed by atoms with E-state index in [0.717, 1.165) is 6.07 Å². The monoisotopic (exact) mass is 279 g/mol. The minimum Gasteiger partial charge on any atom is -0.461 e. The summed E-state index contributed by atoms with van der Waals surface area (Å²) >= 11 is 0. The third kappa shape index (κ3) is 3.98. The summed E-state index contributed by atoms with van der Waals surface area (Å²) in [6.07, 6.45) is -4.97. The van der Waals surface area contributed by atoms with E-state index in [4.69, 9.17) is 11.5 Å². The van der Waals surface area contributed by atoms with Gasteiger partial charge in [0.1, 0.15) is 0 Å². The summed E-state index contributed by atoms with van der Waals surface area (Å²) in [4.78, 5) is 14.8. The molecule has 4 N–H and O–H groups in total. The first-order chi connectivity index (χ1) is 8.78. The fourth-order valence-electron chi connectivity index (χ4n) is 1.25. The Hall–Kier alpha value is -2.03. The number of aromatic nitrogens is 1. The molecule has 0 saturated carbocycles. The summed E-state index contributed by atoms with van der Waals surface area (Å²) in [5.74, 6) is -1.80. The van der Waals surface area contributed by atoms with Gasteiger partial charge >= 0.3 is 12.3 Å². The molecule has 1 rings (SSSR count). The Morgan fingerprint density at radius 1 is 1.47 bits per heavy atom. The Labute approximate surface area is 106 Å². The zero-order valence-electron chi connectivity index (χ0n) is 9.95. The maximum atomic E-state index is 12.2. The molecule has 0 amide bonds. The molecule has 0 radical (unpaired) electrons. The fourth-order valence-corrected chi connectivity index (χ4v) is 1.25. The van der Waals surface area contributed by atoms with Gasteiger partial charge in [0.05, 0.1) is 12.3 Å². The van der Waals surface area contributed by atoms with Crippen LogP contribution in [0.4, 0.5) is 18.9 Å². The van der Waals surface area contributed by atoms with Crippen molar-refractivity contribution in [2.45, 2.75) is 19.8 Å². The van der Waals surface area contributed by atoms with Gasteiger partial charge in [-0.15, -0.1) is 13.2 Å². The largest absolute Gasteiger partial charge is 0.574 e. The van der Waals surface area contributed by atoms with Crippen molar-refractivity contribution in [3.8, 4) is 5.88 Å². The molecule has 0 aliphatic rings. The molecule has 1 aromatic heterocycles. The number of carbonyl (C=O) groups excluding carboxylic acids is 1. The molecule has 1 heterocycles. The minimum absolute atomic E-state index is 0.0539. The second-order valence-corrected chi connectivity index (χ2v) is 3.36. The highest BCUT2D eigenvalue weighted by molar-refractivity contribution is 5.88. The molecule has 9 heteroatoms. The molecule has 6 nitrogen and oxygen atoms in total. The average molecular weight is 279 g/mol.